The number of hydrogen-bond acceptors (Lipinski definition) is 5. The lowest BCUT2D eigenvalue weighted by molar-refractivity contribution is -0.150. The number of nitrogens with one attached hydrogen (secondary N) is 1. The molecule has 44 heavy (non-hydrogen) atoms. The van der Waals surface area contributed by atoms with Crippen molar-refractivity contribution in [2.45, 2.75) is 212 Å². The van der Waals surface area contributed by atoms with Crippen LogP contribution in [0.2, 0.25) is 0 Å². The Hall–Kier alpha value is -1.63. The molecule has 2 unspecified atom stereocenters. The molecule has 0 aromatic carbocycles. The number of nitrogens with two attached hydrogens (primary N) is 1. The van der Waals surface area contributed by atoms with Crippen molar-refractivity contribution >= 4 is 17.8 Å². The Bertz CT molecular complexity index is 672. The molecule has 0 bridgehead atoms. The van der Waals surface area contributed by atoms with Crippen molar-refractivity contribution in [1.82, 2.24) is 5.32 Å². The fourth-order valence-electron chi connectivity index (χ4n) is 5.80. The first-order valence-corrected chi connectivity index (χ1v) is 18.9. The Balaban J connectivity index is 4.27. The molecule has 7 heteroatoms. The first-order valence-electron chi connectivity index (χ1n) is 18.9. The minimum absolute atomic E-state index is 0.0243. The highest BCUT2D eigenvalue weighted by Gasteiger charge is 2.19. The number of carboxylic acids is 1. The lowest BCUT2D eigenvalue weighted by Gasteiger charge is -2.18. The van der Waals surface area contributed by atoms with Crippen LogP contribution in [0, 0.1) is 0 Å². The third-order valence-corrected chi connectivity index (χ3v) is 8.67. The van der Waals surface area contributed by atoms with Gasteiger partial charge in [-0.3, -0.25) is 9.59 Å². The number of esters is 1. The van der Waals surface area contributed by atoms with E-state index in [0.29, 0.717) is 32.2 Å². The fraction of sp³-hybridized carbons (Fsp3) is 0.919. The normalized spacial score (nSPS) is 12.6. The molecule has 1 amide bonds. The molecule has 0 rings (SSSR count). The van der Waals surface area contributed by atoms with Crippen molar-refractivity contribution in [2.75, 3.05) is 6.54 Å². The van der Waals surface area contributed by atoms with Gasteiger partial charge in [0.25, 0.3) is 0 Å². The smallest absolute Gasteiger partial charge is 0.326 e. The zero-order chi connectivity index (χ0) is 32.5. The maximum atomic E-state index is 12.6. The molecule has 0 saturated heterocycles. The molecule has 0 aliphatic carbocycles. The van der Waals surface area contributed by atoms with Gasteiger partial charge in [0.2, 0.25) is 5.91 Å². The molecule has 0 spiro atoms. The molecule has 0 aromatic rings. The molecular formula is C37H72N2O5. The number of rotatable bonds is 34. The van der Waals surface area contributed by atoms with E-state index >= 15 is 0 Å². The Kier molecular flexibility index (Phi) is 31.5. The highest BCUT2D eigenvalue weighted by atomic mass is 16.5. The number of hydrogen-bond donors (Lipinski definition) is 3. The van der Waals surface area contributed by atoms with E-state index in [1.807, 2.05) is 0 Å². The van der Waals surface area contributed by atoms with Gasteiger partial charge in [-0.15, -0.1) is 0 Å². The molecule has 0 aliphatic rings. The molecular weight excluding hydrogens is 552 g/mol. The summed E-state index contributed by atoms with van der Waals surface area (Å²) in [6, 6.07) is -0.850. The third-order valence-electron chi connectivity index (χ3n) is 8.67. The number of ether oxygens (including phenoxy) is 1. The minimum Gasteiger partial charge on any atom is -0.480 e. The van der Waals surface area contributed by atoms with Crippen LogP contribution < -0.4 is 11.1 Å². The Morgan fingerprint density at radius 1 is 0.568 bits per heavy atom. The van der Waals surface area contributed by atoms with Gasteiger partial charge in [-0.1, -0.05) is 136 Å². The molecule has 0 radical (unpaired) electrons. The summed E-state index contributed by atoms with van der Waals surface area (Å²) >= 11 is 0. The number of amides is 1. The van der Waals surface area contributed by atoms with Crippen LogP contribution in [0.3, 0.4) is 0 Å². The van der Waals surface area contributed by atoms with Crippen LogP contribution in [0.4, 0.5) is 0 Å². The molecule has 4 N–H and O–H groups in total. The molecule has 7 nitrogen and oxygen atoms in total. The van der Waals surface area contributed by atoms with Gasteiger partial charge in [0, 0.05) is 12.8 Å². The van der Waals surface area contributed by atoms with Crippen LogP contribution in [-0.2, 0) is 19.1 Å². The molecule has 0 heterocycles. The van der Waals surface area contributed by atoms with Crippen LogP contribution in [0.1, 0.15) is 200 Å². The van der Waals surface area contributed by atoms with E-state index in [4.69, 9.17) is 10.5 Å². The van der Waals surface area contributed by atoms with Crippen LogP contribution in [-0.4, -0.2) is 41.6 Å². The molecule has 2 atom stereocenters. The SMILES string of the molecule is CCCCCCCCCCCCCC(CCCCCCCC(=O)NC(CCCN)C(=O)O)OC(=O)CCCCCCCCC. The van der Waals surface area contributed by atoms with Crippen LogP contribution in [0.25, 0.3) is 0 Å². The van der Waals surface area contributed by atoms with Crippen LogP contribution in [0.5, 0.6) is 0 Å². The van der Waals surface area contributed by atoms with Crippen LogP contribution >= 0.6 is 0 Å². The second kappa shape index (κ2) is 32.8. The number of carbonyl (C=O) groups excluding carboxylic acids is 2. The van der Waals surface area contributed by atoms with Gasteiger partial charge < -0.3 is 20.9 Å². The van der Waals surface area contributed by atoms with Crippen molar-refractivity contribution in [3.8, 4) is 0 Å². The lowest BCUT2D eigenvalue weighted by atomic mass is 10.0. The quantitative estimate of drug-likeness (QED) is 0.0484. The maximum Gasteiger partial charge on any atom is 0.326 e. The first-order chi connectivity index (χ1) is 21.4. The maximum absolute atomic E-state index is 12.6. The van der Waals surface area contributed by atoms with Gasteiger partial charge >= 0.3 is 11.9 Å². The summed E-state index contributed by atoms with van der Waals surface area (Å²) in [5.74, 6) is -1.23. The van der Waals surface area contributed by atoms with E-state index < -0.39 is 12.0 Å². The van der Waals surface area contributed by atoms with E-state index in [9.17, 15) is 19.5 Å². The first kappa shape index (κ1) is 42.4. The van der Waals surface area contributed by atoms with Crippen LogP contribution in [0.15, 0.2) is 0 Å². The highest BCUT2D eigenvalue weighted by molar-refractivity contribution is 5.83. The third kappa shape index (κ3) is 29.1. The van der Waals surface area contributed by atoms with Gasteiger partial charge in [0.15, 0.2) is 0 Å². The Morgan fingerprint density at radius 3 is 1.41 bits per heavy atom. The van der Waals surface area contributed by atoms with E-state index in [0.717, 1.165) is 64.2 Å². The summed E-state index contributed by atoms with van der Waals surface area (Å²) < 4.78 is 5.98. The summed E-state index contributed by atoms with van der Waals surface area (Å²) in [6.07, 6.45) is 31.4. The summed E-state index contributed by atoms with van der Waals surface area (Å²) in [6.45, 7) is 4.91. The fourth-order valence-corrected chi connectivity index (χ4v) is 5.80. The van der Waals surface area contributed by atoms with E-state index in [1.54, 1.807) is 0 Å². The largest absolute Gasteiger partial charge is 0.480 e. The number of carboxylic acid groups (broad SMARTS) is 1. The summed E-state index contributed by atoms with van der Waals surface area (Å²) in [4.78, 5) is 36.1. The van der Waals surface area contributed by atoms with Crippen molar-refractivity contribution < 1.29 is 24.2 Å². The molecule has 260 valence electrons. The van der Waals surface area contributed by atoms with E-state index in [2.05, 4.69) is 19.2 Å². The molecule has 0 fully saturated rings. The van der Waals surface area contributed by atoms with Crippen molar-refractivity contribution in [3.05, 3.63) is 0 Å². The summed E-state index contributed by atoms with van der Waals surface area (Å²) in [7, 11) is 0. The summed E-state index contributed by atoms with van der Waals surface area (Å²) in [5.41, 5.74) is 5.46. The predicted octanol–water partition coefficient (Wildman–Crippen LogP) is 9.78. The van der Waals surface area contributed by atoms with Crippen molar-refractivity contribution in [2.24, 2.45) is 5.73 Å². The zero-order valence-electron chi connectivity index (χ0n) is 29.0. The van der Waals surface area contributed by atoms with Gasteiger partial charge in [-0.05, 0) is 57.9 Å². The molecule has 0 saturated carbocycles. The molecule has 0 aliphatic heterocycles. The highest BCUT2D eigenvalue weighted by Crippen LogP contribution is 2.19. The second-order valence-electron chi connectivity index (χ2n) is 13.0. The molecule has 0 aromatic heterocycles. The number of carbonyl (C=O) groups is 3. The average Bonchev–Trinajstić information content (AvgIpc) is 3.00. The average molecular weight is 625 g/mol. The Labute approximate surface area is 271 Å². The second-order valence-corrected chi connectivity index (χ2v) is 13.0. The van der Waals surface area contributed by atoms with Gasteiger partial charge in [0.05, 0.1) is 0 Å². The van der Waals surface area contributed by atoms with E-state index in [1.165, 1.54) is 96.3 Å². The number of aliphatic carboxylic acids is 1. The Morgan fingerprint density at radius 2 is 0.977 bits per heavy atom. The van der Waals surface area contributed by atoms with Crippen molar-refractivity contribution in [3.63, 3.8) is 0 Å². The van der Waals surface area contributed by atoms with Gasteiger partial charge in [0.1, 0.15) is 12.1 Å². The monoisotopic (exact) mass is 625 g/mol. The topological polar surface area (TPSA) is 119 Å². The van der Waals surface area contributed by atoms with E-state index in [-0.39, 0.29) is 18.0 Å². The van der Waals surface area contributed by atoms with Gasteiger partial charge in [-0.2, -0.15) is 0 Å². The standard InChI is InChI=1S/C37H72N2O5/c1-3-5-7-9-11-12-13-14-16-18-22-27-33(44-36(41)31-25-21-15-10-8-6-4-2)28-23-19-17-20-24-30-35(40)39-34(37(42)43)29-26-32-38/h33-34H,3-32,38H2,1-2H3,(H,39,40)(H,42,43). The number of unbranched alkanes of at least 4 members (excludes halogenated alkanes) is 20. The van der Waals surface area contributed by atoms with Gasteiger partial charge in [-0.25, -0.2) is 4.79 Å². The van der Waals surface area contributed by atoms with Crippen molar-refractivity contribution in [1.29, 1.82) is 0 Å². The zero-order valence-corrected chi connectivity index (χ0v) is 29.0. The lowest BCUT2D eigenvalue weighted by Crippen LogP contribution is -2.40. The predicted molar refractivity (Wildman–Crippen MR) is 184 cm³/mol. The minimum atomic E-state index is -1.00. The summed E-state index contributed by atoms with van der Waals surface area (Å²) in [5, 5.41) is 11.9.